The zero-order valence-corrected chi connectivity index (χ0v) is 12.8. The van der Waals surface area contributed by atoms with E-state index in [9.17, 15) is 18.0 Å². The molecule has 0 heterocycles. The van der Waals surface area contributed by atoms with Crippen LogP contribution in [0.5, 0.6) is 5.75 Å². The Labute approximate surface area is 133 Å². The Morgan fingerprint density at radius 3 is 2.61 bits per heavy atom. The molecule has 1 saturated carbocycles. The number of hydrogen-bond donors (Lipinski definition) is 2. The van der Waals surface area contributed by atoms with Gasteiger partial charge in [-0.1, -0.05) is 25.3 Å². The van der Waals surface area contributed by atoms with Crippen LogP contribution in [-0.4, -0.2) is 24.6 Å². The Morgan fingerprint density at radius 2 is 1.96 bits per heavy atom. The fourth-order valence-corrected chi connectivity index (χ4v) is 2.68. The van der Waals surface area contributed by atoms with Crippen LogP contribution in [0.25, 0.3) is 0 Å². The van der Waals surface area contributed by atoms with Crippen LogP contribution in [0.3, 0.4) is 0 Å². The zero-order valence-electron chi connectivity index (χ0n) is 12.8. The minimum absolute atomic E-state index is 0.0864. The molecule has 0 unspecified atom stereocenters. The third-order valence-electron chi connectivity index (χ3n) is 4.02. The average Bonchev–Trinajstić information content (AvgIpc) is 2.51. The molecule has 23 heavy (non-hydrogen) atoms. The number of nitrogens with one attached hydrogen (secondary N) is 1. The molecule has 1 aromatic rings. The minimum atomic E-state index is -4.40. The van der Waals surface area contributed by atoms with Crippen LogP contribution in [0.15, 0.2) is 24.3 Å². The molecule has 4 nitrogen and oxygen atoms in total. The van der Waals surface area contributed by atoms with Gasteiger partial charge >= 0.3 is 6.18 Å². The van der Waals surface area contributed by atoms with Crippen molar-refractivity contribution in [3.63, 3.8) is 0 Å². The first-order chi connectivity index (χ1) is 10.8. The van der Waals surface area contributed by atoms with Gasteiger partial charge in [0.05, 0.1) is 17.6 Å². The molecule has 1 aliphatic carbocycles. The second-order valence-corrected chi connectivity index (χ2v) is 5.85. The number of alkyl halides is 3. The van der Waals surface area contributed by atoms with E-state index in [1.165, 1.54) is 12.1 Å². The molecule has 0 aliphatic heterocycles. The Hall–Kier alpha value is -1.76. The van der Waals surface area contributed by atoms with E-state index in [2.05, 4.69) is 5.32 Å². The second kappa shape index (κ2) is 7.21. The maximum atomic E-state index is 12.6. The Bertz CT molecular complexity index is 540. The maximum Gasteiger partial charge on any atom is 0.416 e. The van der Waals surface area contributed by atoms with Gasteiger partial charge in [0.1, 0.15) is 12.4 Å². The van der Waals surface area contributed by atoms with E-state index in [0.717, 1.165) is 31.4 Å². The van der Waals surface area contributed by atoms with E-state index < -0.39 is 17.3 Å². The predicted molar refractivity (Wildman–Crippen MR) is 80.0 cm³/mol. The van der Waals surface area contributed by atoms with Gasteiger partial charge < -0.3 is 15.8 Å². The van der Waals surface area contributed by atoms with Gasteiger partial charge in [-0.15, -0.1) is 0 Å². The van der Waals surface area contributed by atoms with Crippen molar-refractivity contribution >= 4 is 5.91 Å². The molecule has 1 aliphatic rings. The number of ether oxygens (including phenoxy) is 1. The minimum Gasteiger partial charge on any atom is -0.492 e. The molecule has 128 valence electrons. The van der Waals surface area contributed by atoms with Crippen molar-refractivity contribution in [3.05, 3.63) is 29.8 Å². The number of nitrogens with two attached hydrogens (primary N) is 1. The first kappa shape index (κ1) is 17.6. The van der Waals surface area contributed by atoms with Gasteiger partial charge in [-0.25, -0.2) is 0 Å². The molecule has 3 N–H and O–H groups in total. The topological polar surface area (TPSA) is 64.4 Å². The molecule has 2 rings (SSSR count). The lowest BCUT2D eigenvalue weighted by molar-refractivity contribution is -0.137. The molecule has 0 bridgehead atoms. The van der Waals surface area contributed by atoms with Crippen LogP contribution < -0.4 is 15.8 Å². The molecule has 1 amide bonds. The molecule has 1 fully saturated rings. The summed E-state index contributed by atoms with van der Waals surface area (Å²) in [5, 5.41) is 2.70. The highest BCUT2D eigenvalue weighted by Gasteiger charge is 2.35. The highest BCUT2D eigenvalue weighted by molar-refractivity contribution is 5.86. The van der Waals surface area contributed by atoms with Crippen LogP contribution in [0.4, 0.5) is 13.2 Å². The van der Waals surface area contributed by atoms with Gasteiger partial charge in [0.15, 0.2) is 0 Å². The van der Waals surface area contributed by atoms with Crippen LogP contribution in [-0.2, 0) is 11.0 Å². The molecule has 7 heteroatoms. The largest absolute Gasteiger partial charge is 0.492 e. The number of carbonyl (C=O) groups excluding carboxylic acids is 1. The Balaban J connectivity index is 1.78. The molecule has 0 saturated heterocycles. The Kier molecular flexibility index (Phi) is 5.51. The van der Waals surface area contributed by atoms with Gasteiger partial charge in [0.2, 0.25) is 5.91 Å². The lowest BCUT2D eigenvalue weighted by Crippen LogP contribution is -2.55. The van der Waals surface area contributed by atoms with Gasteiger partial charge in [0, 0.05) is 0 Å². The second-order valence-electron chi connectivity index (χ2n) is 5.85. The first-order valence-corrected chi connectivity index (χ1v) is 7.68. The summed E-state index contributed by atoms with van der Waals surface area (Å²) >= 11 is 0. The van der Waals surface area contributed by atoms with E-state index in [1.807, 2.05) is 0 Å². The molecule has 0 atom stereocenters. The first-order valence-electron chi connectivity index (χ1n) is 7.68. The van der Waals surface area contributed by atoms with E-state index in [0.29, 0.717) is 12.8 Å². The number of carbonyl (C=O) groups is 1. The van der Waals surface area contributed by atoms with Crippen molar-refractivity contribution in [1.29, 1.82) is 0 Å². The molecule has 0 spiro atoms. The van der Waals surface area contributed by atoms with Crippen LogP contribution >= 0.6 is 0 Å². The summed E-state index contributed by atoms with van der Waals surface area (Å²) in [6, 6.07) is 4.65. The predicted octanol–water partition coefficient (Wildman–Crippen LogP) is 2.86. The summed E-state index contributed by atoms with van der Waals surface area (Å²) < 4.78 is 43.0. The summed E-state index contributed by atoms with van der Waals surface area (Å²) in [4.78, 5) is 12.1. The summed E-state index contributed by atoms with van der Waals surface area (Å²) in [5.74, 6) is -0.0981. The monoisotopic (exact) mass is 330 g/mol. The van der Waals surface area contributed by atoms with E-state index >= 15 is 0 Å². The van der Waals surface area contributed by atoms with Crippen molar-refractivity contribution < 1.29 is 22.7 Å². The van der Waals surface area contributed by atoms with E-state index in [-0.39, 0.29) is 24.8 Å². The summed E-state index contributed by atoms with van der Waals surface area (Å²) in [7, 11) is 0. The fourth-order valence-electron chi connectivity index (χ4n) is 2.68. The van der Waals surface area contributed by atoms with Crippen molar-refractivity contribution in [2.24, 2.45) is 5.73 Å². The zero-order chi connectivity index (χ0) is 16.9. The standard InChI is InChI=1S/C16H21F3N2O2/c17-16(18,19)12-5-4-6-13(11-12)23-10-9-21-14(22)15(20)7-2-1-3-8-15/h4-6,11H,1-3,7-10,20H2,(H,21,22). The maximum absolute atomic E-state index is 12.6. The summed E-state index contributed by atoms with van der Waals surface area (Å²) in [6.07, 6.45) is -0.124. The van der Waals surface area contributed by atoms with E-state index in [1.54, 1.807) is 0 Å². The number of rotatable bonds is 5. The van der Waals surface area contributed by atoms with Crippen molar-refractivity contribution in [2.75, 3.05) is 13.2 Å². The molecule has 0 aromatic heterocycles. The molecular formula is C16H21F3N2O2. The van der Waals surface area contributed by atoms with Crippen LogP contribution in [0.1, 0.15) is 37.7 Å². The third-order valence-corrected chi connectivity index (χ3v) is 4.02. The lowest BCUT2D eigenvalue weighted by Gasteiger charge is -2.31. The Morgan fingerprint density at radius 1 is 1.26 bits per heavy atom. The summed E-state index contributed by atoms with van der Waals surface area (Å²) in [6.45, 7) is 0.289. The fraction of sp³-hybridized carbons (Fsp3) is 0.562. The number of halogens is 3. The number of hydrogen-bond acceptors (Lipinski definition) is 3. The van der Waals surface area contributed by atoms with Crippen LogP contribution in [0.2, 0.25) is 0 Å². The quantitative estimate of drug-likeness (QED) is 0.816. The molecular weight excluding hydrogens is 309 g/mol. The summed E-state index contributed by atoms with van der Waals surface area (Å²) in [5.41, 5.74) is 4.50. The molecule has 1 aromatic carbocycles. The smallest absolute Gasteiger partial charge is 0.416 e. The third kappa shape index (κ3) is 4.86. The van der Waals surface area contributed by atoms with Gasteiger partial charge in [0.25, 0.3) is 0 Å². The average molecular weight is 330 g/mol. The van der Waals surface area contributed by atoms with Crippen LogP contribution in [0, 0.1) is 0 Å². The highest BCUT2D eigenvalue weighted by atomic mass is 19.4. The van der Waals surface area contributed by atoms with Gasteiger partial charge in [-0.2, -0.15) is 13.2 Å². The van der Waals surface area contributed by atoms with Gasteiger partial charge in [-0.05, 0) is 31.0 Å². The van der Waals surface area contributed by atoms with Crippen molar-refractivity contribution in [2.45, 2.75) is 43.8 Å². The van der Waals surface area contributed by atoms with Gasteiger partial charge in [-0.3, -0.25) is 4.79 Å². The molecule has 0 radical (unpaired) electrons. The van der Waals surface area contributed by atoms with E-state index in [4.69, 9.17) is 10.5 Å². The lowest BCUT2D eigenvalue weighted by atomic mass is 9.82. The highest BCUT2D eigenvalue weighted by Crippen LogP contribution is 2.31. The number of benzene rings is 1. The SMILES string of the molecule is NC1(C(=O)NCCOc2cccc(C(F)(F)F)c2)CCCCC1. The van der Waals surface area contributed by atoms with Crippen molar-refractivity contribution in [1.82, 2.24) is 5.32 Å². The van der Waals surface area contributed by atoms with Crippen molar-refractivity contribution in [3.8, 4) is 5.75 Å². The number of amides is 1. The normalized spacial score (nSPS) is 17.6.